The van der Waals surface area contributed by atoms with Crippen molar-refractivity contribution in [2.75, 3.05) is 6.61 Å². The minimum Gasteiger partial charge on any atom is -0.465 e. The fraction of sp³-hybridized carbons (Fsp3) is 0.364. The smallest absolute Gasteiger partial charge is 0.324 e. The van der Waals surface area contributed by atoms with Crippen LogP contribution in [-0.2, 0) is 16.0 Å². The van der Waals surface area contributed by atoms with Gasteiger partial charge in [0.15, 0.2) is 0 Å². The Morgan fingerprint density at radius 2 is 2.18 bits per heavy atom. The Hall–Kier alpha value is -1.62. The Morgan fingerprint density at radius 3 is 2.76 bits per heavy atom. The van der Waals surface area contributed by atoms with Crippen molar-refractivity contribution in [3.8, 4) is 0 Å². The van der Waals surface area contributed by atoms with Gasteiger partial charge in [0.1, 0.15) is 5.38 Å². The topological polar surface area (TPSA) is 69.4 Å². The lowest BCUT2D eigenvalue weighted by atomic mass is 10.1. The highest BCUT2D eigenvalue weighted by molar-refractivity contribution is 6.30. The first-order chi connectivity index (χ1) is 8.06. The molecule has 17 heavy (non-hydrogen) atoms. The first-order valence-corrected chi connectivity index (χ1v) is 5.53. The number of ether oxygens (including phenoxy) is 1. The average Bonchev–Trinajstić information content (AvgIpc) is 2.29. The molecule has 0 bridgehead atoms. The molecular formula is C11H12ClNO4. The lowest BCUT2D eigenvalue weighted by Crippen LogP contribution is -2.20. The number of halogens is 1. The number of nitro groups is 1. The molecule has 1 aromatic carbocycles. The summed E-state index contributed by atoms with van der Waals surface area (Å²) in [7, 11) is 0. The Balaban J connectivity index is 2.81. The molecule has 92 valence electrons. The molecular weight excluding hydrogens is 246 g/mol. The maximum Gasteiger partial charge on any atom is 0.324 e. The van der Waals surface area contributed by atoms with Gasteiger partial charge in [-0.05, 0) is 6.92 Å². The molecule has 0 radical (unpaired) electrons. The van der Waals surface area contributed by atoms with Crippen molar-refractivity contribution in [2.45, 2.75) is 18.7 Å². The van der Waals surface area contributed by atoms with E-state index < -0.39 is 16.3 Å². The third-order valence-corrected chi connectivity index (χ3v) is 2.46. The van der Waals surface area contributed by atoms with E-state index in [-0.39, 0.29) is 18.7 Å². The SMILES string of the molecule is CCOC(=O)[C@H](Cl)Cc1ccccc1[N+](=O)[O-]. The van der Waals surface area contributed by atoms with Gasteiger partial charge in [-0.3, -0.25) is 14.9 Å². The van der Waals surface area contributed by atoms with Crippen LogP contribution in [0.25, 0.3) is 0 Å². The second kappa shape index (κ2) is 6.20. The predicted molar refractivity (Wildman–Crippen MR) is 63.1 cm³/mol. The van der Waals surface area contributed by atoms with Gasteiger partial charge in [0, 0.05) is 18.1 Å². The van der Waals surface area contributed by atoms with Crippen LogP contribution in [0.15, 0.2) is 24.3 Å². The molecule has 0 aliphatic heterocycles. The number of carbonyl (C=O) groups excluding carboxylic acids is 1. The maximum absolute atomic E-state index is 11.3. The number of hydrogen-bond donors (Lipinski definition) is 0. The first kappa shape index (κ1) is 13.4. The van der Waals surface area contributed by atoms with Gasteiger partial charge in [0.25, 0.3) is 5.69 Å². The molecule has 0 aromatic heterocycles. The van der Waals surface area contributed by atoms with E-state index in [9.17, 15) is 14.9 Å². The Labute approximate surface area is 103 Å². The molecule has 6 heteroatoms. The number of benzene rings is 1. The number of esters is 1. The first-order valence-electron chi connectivity index (χ1n) is 5.09. The van der Waals surface area contributed by atoms with Gasteiger partial charge < -0.3 is 4.74 Å². The van der Waals surface area contributed by atoms with Crippen molar-refractivity contribution in [3.05, 3.63) is 39.9 Å². The van der Waals surface area contributed by atoms with E-state index in [1.54, 1.807) is 25.1 Å². The van der Waals surface area contributed by atoms with Gasteiger partial charge in [-0.2, -0.15) is 0 Å². The number of nitrogens with zero attached hydrogens (tertiary/aromatic N) is 1. The van der Waals surface area contributed by atoms with Gasteiger partial charge in [-0.1, -0.05) is 18.2 Å². The van der Waals surface area contributed by atoms with Crippen LogP contribution in [-0.4, -0.2) is 22.9 Å². The fourth-order valence-electron chi connectivity index (χ4n) is 1.37. The van der Waals surface area contributed by atoms with Crippen LogP contribution in [0.5, 0.6) is 0 Å². The van der Waals surface area contributed by atoms with Crippen LogP contribution in [0.4, 0.5) is 5.69 Å². The van der Waals surface area contributed by atoms with Crippen molar-refractivity contribution >= 4 is 23.3 Å². The maximum atomic E-state index is 11.3. The summed E-state index contributed by atoms with van der Waals surface area (Å²) in [5, 5.41) is 9.84. The van der Waals surface area contributed by atoms with Crippen LogP contribution in [0, 0.1) is 10.1 Å². The van der Waals surface area contributed by atoms with Crippen molar-refractivity contribution in [1.29, 1.82) is 0 Å². The third-order valence-electron chi connectivity index (χ3n) is 2.13. The number of nitro benzene ring substituents is 1. The van der Waals surface area contributed by atoms with Gasteiger partial charge >= 0.3 is 5.97 Å². The molecule has 1 atom stereocenters. The van der Waals surface area contributed by atoms with E-state index >= 15 is 0 Å². The standard InChI is InChI=1S/C11H12ClNO4/c1-2-17-11(14)9(12)7-8-5-3-4-6-10(8)13(15)16/h3-6,9H,2,7H2,1H3/t9-/m1/s1. The largest absolute Gasteiger partial charge is 0.465 e. The number of hydrogen-bond acceptors (Lipinski definition) is 4. The fourth-order valence-corrected chi connectivity index (χ4v) is 1.60. The molecule has 1 rings (SSSR count). The zero-order valence-electron chi connectivity index (χ0n) is 9.26. The molecule has 0 fully saturated rings. The van der Waals surface area contributed by atoms with Crippen molar-refractivity contribution in [2.24, 2.45) is 0 Å². The molecule has 5 nitrogen and oxygen atoms in total. The van der Waals surface area contributed by atoms with E-state index in [1.807, 2.05) is 0 Å². The van der Waals surface area contributed by atoms with Gasteiger partial charge in [-0.15, -0.1) is 11.6 Å². The summed E-state index contributed by atoms with van der Waals surface area (Å²) in [6.45, 7) is 1.91. The lowest BCUT2D eigenvalue weighted by Gasteiger charge is -2.08. The Morgan fingerprint density at radius 1 is 1.53 bits per heavy atom. The second-order valence-corrected chi connectivity index (χ2v) is 3.84. The van der Waals surface area contributed by atoms with Gasteiger partial charge in [-0.25, -0.2) is 0 Å². The average molecular weight is 258 g/mol. The minimum atomic E-state index is -0.906. The quantitative estimate of drug-likeness (QED) is 0.351. The molecule has 0 saturated carbocycles. The summed E-state index contributed by atoms with van der Waals surface area (Å²) >= 11 is 5.82. The number of carbonyl (C=O) groups is 1. The Kier molecular flexibility index (Phi) is 4.90. The molecule has 0 heterocycles. The minimum absolute atomic E-state index is 0.0394. The molecule has 0 spiro atoms. The van der Waals surface area contributed by atoms with Crippen molar-refractivity contribution in [1.82, 2.24) is 0 Å². The van der Waals surface area contributed by atoms with Crippen molar-refractivity contribution in [3.63, 3.8) is 0 Å². The Bertz CT molecular complexity index is 422. The van der Waals surface area contributed by atoms with Crippen LogP contribution >= 0.6 is 11.6 Å². The number of rotatable bonds is 5. The van der Waals surface area contributed by atoms with E-state index in [4.69, 9.17) is 16.3 Å². The van der Waals surface area contributed by atoms with E-state index in [1.165, 1.54) is 6.07 Å². The summed E-state index contributed by atoms with van der Waals surface area (Å²) in [5.74, 6) is -0.563. The molecule has 0 saturated heterocycles. The zero-order chi connectivity index (χ0) is 12.8. The lowest BCUT2D eigenvalue weighted by molar-refractivity contribution is -0.385. The van der Waals surface area contributed by atoms with Gasteiger partial charge in [0.05, 0.1) is 11.5 Å². The second-order valence-electron chi connectivity index (χ2n) is 3.31. The molecule has 1 aromatic rings. The van der Waals surface area contributed by atoms with Crippen LogP contribution in [0.1, 0.15) is 12.5 Å². The summed E-state index contributed by atoms with van der Waals surface area (Å²) in [6, 6.07) is 6.18. The molecule has 0 amide bonds. The van der Waals surface area contributed by atoms with E-state index in [0.29, 0.717) is 5.56 Å². The molecule has 0 aliphatic carbocycles. The monoisotopic (exact) mass is 257 g/mol. The van der Waals surface area contributed by atoms with Crippen molar-refractivity contribution < 1.29 is 14.5 Å². The summed E-state index contributed by atoms with van der Waals surface area (Å²) in [5.41, 5.74) is 0.382. The predicted octanol–water partition coefficient (Wildman–Crippen LogP) is 2.31. The van der Waals surface area contributed by atoms with Crippen LogP contribution in [0.3, 0.4) is 0 Å². The zero-order valence-corrected chi connectivity index (χ0v) is 10.0. The summed E-state index contributed by atoms with van der Waals surface area (Å²) in [6.07, 6.45) is 0.0809. The summed E-state index contributed by atoms with van der Waals surface area (Å²) in [4.78, 5) is 21.6. The van der Waals surface area contributed by atoms with E-state index in [0.717, 1.165) is 0 Å². The molecule has 0 aliphatic rings. The van der Waals surface area contributed by atoms with E-state index in [2.05, 4.69) is 0 Å². The molecule has 0 unspecified atom stereocenters. The van der Waals surface area contributed by atoms with Crippen LogP contribution < -0.4 is 0 Å². The normalized spacial score (nSPS) is 11.9. The summed E-state index contributed by atoms with van der Waals surface area (Å²) < 4.78 is 4.74. The highest BCUT2D eigenvalue weighted by Gasteiger charge is 2.21. The number of para-hydroxylation sites is 1. The number of alkyl halides is 1. The highest BCUT2D eigenvalue weighted by Crippen LogP contribution is 2.21. The van der Waals surface area contributed by atoms with Crippen LogP contribution in [0.2, 0.25) is 0 Å². The highest BCUT2D eigenvalue weighted by atomic mass is 35.5. The van der Waals surface area contributed by atoms with Gasteiger partial charge in [0.2, 0.25) is 0 Å². The molecule has 0 N–H and O–H groups in total. The third kappa shape index (κ3) is 3.71.